The number of fused-ring (bicyclic) bond motifs is 2. The van der Waals surface area contributed by atoms with E-state index in [1.807, 2.05) is 0 Å². The Morgan fingerprint density at radius 1 is 0.562 bits per heavy atom. The van der Waals surface area contributed by atoms with Gasteiger partial charge in [0, 0.05) is 0 Å². The van der Waals surface area contributed by atoms with E-state index in [2.05, 4.69) is 166 Å². The minimum absolute atomic E-state index is 0.111. The van der Waals surface area contributed by atoms with Crippen LogP contribution in [-0.2, 0) is 26.1 Å². The summed E-state index contributed by atoms with van der Waals surface area (Å²) in [5.41, 5.74) is 16.1. The zero-order chi connectivity index (χ0) is 34.8. The fourth-order valence-corrected chi connectivity index (χ4v) is 85.1. The Labute approximate surface area is 299 Å². The molecule has 0 fully saturated rings. The molecule has 2 unspecified atom stereocenters. The van der Waals surface area contributed by atoms with E-state index < -0.39 is 21.3 Å². The SMILES string of the molecule is CC[SiH](CC)[Hf]([Cl])([Cl])([CH]1C(C)=Cc2c(-c3ccc(C(C)(C)C)cc3)cccc21)[CH]1C(C)=Cc2c(-c3ccc(C(C)(C)C)cc3)cccc21. The van der Waals surface area contributed by atoms with Crippen LogP contribution >= 0.6 is 17.2 Å². The van der Waals surface area contributed by atoms with Crippen LogP contribution < -0.4 is 0 Å². The van der Waals surface area contributed by atoms with Gasteiger partial charge in [-0.3, -0.25) is 0 Å². The summed E-state index contributed by atoms with van der Waals surface area (Å²) in [7, 11) is 17.4. The fraction of sp³-hybridized carbons (Fsp3) is 0.364. The van der Waals surface area contributed by atoms with Crippen molar-refractivity contribution in [3.63, 3.8) is 0 Å². The van der Waals surface area contributed by atoms with E-state index in [4.69, 9.17) is 17.2 Å². The predicted octanol–water partition coefficient (Wildman–Crippen LogP) is 14.0. The van der Waals surface area contributed by atoms with Gasteiger partial charge in [-0.1, -0.05) is 0 Å². The Kier molecular flexibility index (Phi) is 9.45. The number of benzene rings is 4. The van der Waals surface area contributed by atoms with Crippen LogP contribution in [0.2, 0.25) is 12.1 Å². The summed E-state index contributed by atoms with van der Waals surface area (Å²) in [6.07, 6.45) is 4.87. The molecule has 0 amide bonds. The van der Waals surface area contributed by atoms with Gasteiger partial charge in [-0.2, -0.15) is 0 Å². The molecule has 0 N–H and O–H groups in total. The van der Waals surface area contributed by atoms with Gasteiger partial charge in [0.05, 0.1) is 0 Å². The Balaban J connectivity index is 1.51. The standard InChI is InChI=1S/2C20H21.C4H11Si.2ClH.Hf/c2*1-14-12-16-6-5-7-18(19(16)13-14)15-8-10-17(11-9-15)20(2,3)4;1-3-5-4-2;;;/h2*5-13H,1-4H3;5H,3-4H2,1-2H3;2*1H;/q;;;;;+2/p-2. The van der Waals surface area contributed by atoms with E-state index in [-0.39, 0.29) is 18.2 Å². The Morgan fingerprint density at radius 2 is 0.917 bits per heavy atom. The van der Waals surface area contributed by atoms with Crippen molar-refractivity contribution in [1.29, 1.82) is 0 Å². The summed E-state index contributed by atoms with van der Waals surface area (Å²) in [4.78, 5) is 0. The Hall–Kier alpha value is -1.97. The predicted molar refractivity (Wildman–Crippen MR) is 214 cm³/mol. The summed E-state index contributed by atoms with van der Waals surface area (Å²) in [6.45, 7) is 23.0. The molecule has 0 bridgehead atoms. The average molecular weight is 859 g/mol. The minimum atomic E-state index is -4.98. The van der Waals surface area contributed by atoms with Gasteiger partial charge in [0.1, 0.15) is 0 Å². The third kappa shape index (κ3) is 5.85. The third-order valence-electron chi connectivity index (χ3n) is 11.5. The number of hydrogen-bond acceptors (Lipinski definition) is 0. The van der Waals surface area contributed by atoms with Crippen LogP contribution in [0.15, 0.2) is 96.1 Å². The maximum atomic E-state index is 8.72. The van der Waals surface area contributed by atoms with Crippen molar-refractivity contribution in [2.45, 2.75) is 99.5 Å². The van der Waals surface area contributed by atoms with Crippen molar-refractivity contribution in [2.75, 3.05) is 0 Å². The van der Waals surface area contributed by atoms with Crippen molar-refractivity contribution >= 4 is 35.3 Å². The molecule has 6 rings (SSSR count). The molecule has 0 nitrogen and oxygen atoms in total. The number of halogens is 2. The molecule has 48 heavy (non-hydrogen) atoms. The zero-order valence-corrected chi connectivity index (χ0v) is 36.9. The van der Waals surface area contributed by atoms with Gasteiger partial charge >= 0.3 is 302 Å². The van der Waals surface area contributed by atoms with E-state index >= 15 is 0 Å². The summed E-state index contributed by atoms with van der Waals surface area (Å²) >= 11 is -4.98. The van der Waals surface area contributed by atoms with Gasteiger partial charge in [-0.25, -0.2) is 0 Å². The normalized spacial score (nSPS) is 18.6. The third-order valence-corrected chi connectivity index (χ3v) is 81.9. The summed E-state index contributed by atoms with van der Waals surface area (Å²) in [6, 6.07) is 34.4. The van der Waals surface area contributed by atoms with Gasteiger partial charge in [0.25, 0.3) is 0 Å². The van der Waals surface area contributed by atoms with Gasteiger partial charge in [0.2, 0.25) is 0 Å². The van der Waals surface area contributed by atoms with Crippen LogP contribution in [0.3, 0.4) is 0 Å². The first-order chi connectivity index (χ1) is 22.5. The molecule has 4 aromatic carbocycles. The first-order valence-corrected chi connectivity index (χ1v) is 39.4. The molecule has 0 aromatic heterocycles. The van der Waals surface area contributed by atoms with Crippen LogP contribution in [-0.4, -0.2) is 5.98 Å². The van der Waals surface area contributed by atoms with E-state index in [0.717, 1.165) is 12.1 Å². The number of allylic oxidation sites excluding steroid dienone is 2. The second kappa shape index (κ2) is 12.7. The van der Waals surface area contributed by atoms with Crippen molar-refractivity contribution in [3.05, 3.63) is 129 Å². The molecule has 4 heteroatoms. The van der Waals surface area contributed by atoms with Gasteiger partial charge < -0.3 is 0 Å². The molecule has 2 aliphatic carbocycles. The van der Waals surface area contributed by atoms with E-state index in [1.165, 1.54) is 66.8 Å². The molecule has 0 aliphatic heterocycles. The first kappa shape index (κ1) is 35.8. The quantitative estimate of drug-likeness (QED) is 0.162. The summed E-state index contributed by atoms with van der Waals surface area (Å²) < 4.78 is 0.222. The van der Waals surface area contributed by atoms with Crippen molar-refractivity contribution in [3.8, 4) is 22.3 Å². The van der Waals surface area contributed by atoms with Crippen LogP contribution in [0.5, 0.6) is 0 Å². The monoisotopic (exact) mass is 859 g/mol. The number of hydrogen-bond donors (Lipinski definition) is 0. The molecule has 0 spiro atoms. The van der Waals surface area contributed by atoms with Gasteiger partial charge in [-0.15, -0.1) is 0 Å². The van der Waals surface area contributed by atoms with Crippen LogP contribution in [0.1, 0.15) is 110 Å². The topological polar surface area (TPSA) is 0 Å². The van der Waals surface area contributed by atoms with Crippen molar-refractivity contribution in [1.82, 2.24) is 0 Å². The van der Waals surface area contributed by atoms with Crippen LogP contribution in [0.25, 0.3) is 34.4 Å². The molecule has 2 atom stereocenters. The van der Waals surface area contributed by atoms with Crippen LogP contribution in [0.4, 0.5) is 0 Å². The van der Waals surface area contributed by atoms with Crippen molar-refractivity contribution in [2.24, 2.45) is 0 Å². The Morgan fingerprint density at radius 3 is 1.23 bits per heavy atom. The fourth-order valence-electron chi connectivity index (χ4n) is 9.08. The van der Waals surface area contributed by atoms with Gasteiger partial charge in [0.15, 0.2) is 0 Å². The molecule has 4 aromatic rings. The molecule has 0 saturated carbocycles. The van der Waals surface area contributed by atoms with Gasteiger partial charge in [-0.05, 0) is 0 Å². The summed E-state index contributed by atoms with van der Waals surface area (Å²) in [5, 5.41) is 0. The maximum absolute atomic E-state index is 8.72. The first-order valence-electron chi connectivity index (χ1n) is 17.9. The summed E-state index contributed by atoms with van der Waals surface area (Å²) in [5.74, 6) is -1.60. The Bertz CT molecular complexity index is 1780. The van der Waals surface area contributed by atoms with E-state index in [1.54, 1.807) is 0 Å². The van der Waals surface area contributed by atoms with Crippen molar-refractivity contribution < 1.29 is 15.3 Å². The molecule has 0 radical (unpaired) electrons. The molecule has 0 heterocycles. The van der Waals surface area contributed by atoms with E-state index in [0.29, 0.717) is 0 Å². The molecular formula is C44H53Cl2HfSi. The molecule has 0 saturated heterocycles. The molecule has 251 valence electrons. The zero-order valence-electron chi connectivity index (χ0n) is 30.6. The van der Waals surface area contributed by atoms with E-state index in [9.17, 15) is 0 Å². The number of rotatable bonds is 7. The second-order valence-electron chi connectivity index (χ2n) is 16.7. The average Bonchev–Trinajstić information content (AvgIpc) is 3.57. The van der Waals surface area contributed by atoms with Crippen LogP contribution in [0, 0.1) is 0 Å². The molecule has 2 aliphatic rings. The molecular weight excluding hydrogens is 806 g/mol. The second-order valence-corrected chi connectivity index (χ2v) is 73.0.